The number of hydrogen-bond acceptors (Lipinski definition) is 9. The fourth-order valence-electron chi connectivity index (χ4n) is 5.54. The van der Waals surface area contributed by atoms with E-state index in [1.54, 1.807) is 28.9 Å². The second-order valence-electron chi connectivity index (χ2n) is 10.9. The minimum atomic E-state index is -0.648. The van der Waals surface area contributed by atoms with Crippen LogP contribution in [0.3, 0.4) is 0 Å². The molecule has 0 aliphatic carbocycles. The highest BCUT2D eigenvalue weighted by molar-refractivity contribution is 7.99. The van der Waals surface area contributed by atoms with Crippen LogP contribution in [0.1, 0.15) is 61.8 Å². The summed E-state index contributed by atoms with van der Waals surface area (Å²) in [4.78, 5) is 27.0. The topological polar surface area (TPSA) is 120 Å². The van der Waals surface area contributed by atoms with Gasteiger partial charge in [-0.05, 0) is 51.4 Å². The molecule has 7 rings (SSSR count). The lowest BCUT2D eigenvalue weighted by molar-refractivity contribution is -0.245. The first-order valence-corrected chi connectivity index (χ1v) is 15.6. The van der Waals surface area contributed by atoms with Gasteiger partial charge in [0.25, 0.3) is 11.8 Å². The van der Waals surface area contributed by atoms with Crippen molar-refractivity contribution in [2.75, 3.05) is 5.75 Å². The van der Waals surface area contributed by atoms with Crippen molar-refractivity contribution in [1.82, 2.24) is 25.1 Å². The highest BCUT2D eigenvalue weighted by Crippen LogP contribution is 2.39. The number of para-hydroxylation sites is 1. The number of amides is 2. The van der Waals surface area contributed by atoms with Gasteiger partial charge < -0.3 is 14.6 Å². The Kier molecular flexibility index (Phi) is 8.23. The molecule has 5 aromatic rings. The number of aromatic nitrogens is 4. The predicted octanol–water partition coefficient (Wildman–Crippen LogP) is 5.29. The fraction of sp³-hybridized carbons (Fsp3) is 0.206. The Hall–Kier alpha value is -4.68. The summed E-state index contributed by atoms with van der Waals surface area (Å²) >= 11 is 1.51. The Morgan fingerprint density at radius 2 is 1.42 bits per heavy atom. The fourth-order valence-corrected chi connectivity index (χ4v) is 6.44. The number of rotatable bonds is 9. The molecule has 0 spiro atoms. The Labute approximate surface area is 263 Å². The van der Waals surface area contributed by atoms with E-state index in [2.05, 4.69) is 15.5 Å². The van der Waals surface area contributed by atoms with E-state index in [1.807, 2.05) is 78.9 Å². The zero-order valence-electron chi connectivity index (χ0n) is 24.1. The van der Waals surface area contributed by atoms with E-state index in [-0.39, 0.29) is 37.2 Å². The maximum absolute atomic E-state index is 12.9. The van der Waals surface area contributed by atoms with Crippen LogP contribution in [-0.4, -0.2) is 53.9 Å². The second-order valence-corrected chi connectivity index (χ2v) is 11.8. The summed E-state index contributed by atoms with van der Waals surface area (Å²) in [7, 11) is 0. The molecule has 1 fully saturated rings. The minimum absolute atomic E-state index is 0.0278. The number of fused-ring (bicyclic) bond motifs is 1. The first-order chi connectivity index (χ1) is 22.1. The summed E-state index contributed by atoms with van der Waals surface area (Å²) in [5, 5.41) is 22.4. The summed E-state index contributed by atoms with van der Waals surface area (Å²) in [5.74, 6) is 0.0236. The van der Waals surface area contributed by atoms with Crippen LogP contribution in [0, 0.1) is 0 Å². The second kappa shape index (κ2) is 12.7. The number of ether oxygens (including phenoxy) is 2. The highest BCUT2D eigenvalue weighted by atomic mass is 32.2. The molecule has 3 heterocycles. The standard InChI is InChI=1S/C34H29N5O5S/c40-20-23-12-14-24(15-13-23)30-18-27(21-45-34-35-36-37-39(34)26-6-2-1-3-7-26)43-33(44-30)25-16-10-22(11-17-25)19-38-31(41)28-8-4-5-9-29(28)32(38)42/h1-17,27,30,33,40H,18-21H2/t27-,30+,33+/m0/s1. The van der Waals surface area contributed by atoms with Gasteiger partial charge in [0.1, 0.15) is 0 Å². The lowest BCUT2D eigenvalue weighted by atomic mass is 10.0. The molecule has 4 aromatic carbocycles. The van der Waals surface area contributed by atoms with Gasteiger partial charge in [0.15, 0.2) is 6.29 Å². The third-order valence-corrected chi connectivity index (χ3v) is 8.98. The van der Waals surface area contributed by atoms with Crippen LogP contribution >= 0.6 is 11.8 Å². The van der Waals surface area contributed by atoms with Crippen molar-refractivity contribution in [1.29, 1.82) is 0 Å². The van der Waals surface area contributed by atoms with Gasteiger partial charge in [-0.2, -0.15) is 4.68 Å². The van der Waals surface area contributed by atoms with Gasteiger partial charge in [0.05, 0.1) is 42.2 Å². The Balaban J connectivity index is 1.08. The molecule has 226 valence electrons. The average molecular weight is 620 g/mol. The van der Waals surface area contributed by atoms with Gasteiger partial charge in [-0.3, -0.25) is 14.5 Å². The van der Waals surface area contributed by atoms with Crippen molar-refractivity contribution < 1.29 is 24.2 Å². The van der Waals surface area contributed by atoms with E-state index in [1.165, 1.54) is 16.7 Å². The maximum atomic E-state index is 12.9. The SMILES string of the molecule is O=C1c2ccccc2C(=O)N1Cc1ccc([C@@H]2O[C@H](CSc3nnnn3-c3ccccc3)C[C@H](c3ccc(CO)cc3)O2)cc1. The van der Waals surface area contributed by atoms with Crippen molar-refractivity contribution >= 4 is 23.6 Å². The summed E-state index contributed by atoms with van der Waals surface area (Å²) in [5.41, 5.74) is 5.20. The number of aliphatic hydroxyl groups is 1. The molecule has 0 radical (unpaired) electrons. The van der Waals surface area contributed by atoms with E-state index in [0.717, 1.165) is 27.9 Å². The first kappa shape index (κ1) is 29.1. The number of nitrogens with zero attached hydrogens (tertiary/aromatic N) is 5. The molecule has 11 heteroatoms. The molecule has 0 bridgehead atoms. The molecule has 0 unspecified atom stereocenters. The summed E-state index contributed by atoms with van der Waals surface area (Å²) < 4.78 is 14.7. The number of benzene rings is 4. The normalized spacial score (nSPS) is 19.6. The molecule has 1 N–H and O–H groups in total. The number of imide groups is 1. The number of carbonyl (C=O) groups excluding carboxylic acids is 2. The maximum Gasteiger partial charge on any atom is 0.261 e. The zero-order valence-corrected chi connectivity index (χ0v) is 24.9. The van der Waals surface area contributed by atoms with E-state index in [0.29, 0.717) is 28.5 Å². The van der Waals surface area contributed by atoms with Gasteiger partial charge in [0.2, 0.25) is 5.16 Å². The van der Waals surface area contributed by atoms with Crippen molar-refractivity contribution in [3.63, 3.8) is 0 Å². The molecule has 45 heavy (non-hydrogen) atoms. The lowest BCUT2D eigenvalue weighted by Crippen LogP contribution is -2.31. The number of thioether (sulfide) groups is 1. The van der Waals surface area contributed by atoms with Gasteiger partial charge in [0, 0.05) is 17.7 Å². The predicted molar refractivity (Wildman–Crippen MR) is 165 cm³/mol. The van der Waals surface area contributed by atoms with Crippen molar-refractivity contribution in [2.24, 2.45) is 0 Å². The lowest BCUT2D eigenvalue weighted by Gasteiger charge is -2.36. The van der Waals surface area contributed by atoms with Crippen LogP contribution < -0.4 is 0 Å². The molecule has 10 nitrogen and oxygen atoms in total. The number of hydrogen-bond donors (Lipinski definition) is 1. The molecule has 2 amide bonds. The van der Waals surface area contributed by atoms with Crippen LogP contribution in [-0.2, 0) is 22.6 Å². The third kappa shape index (κ3) is 6.03. The van der Waals surface area contributed by atoms with Crippen molar-refractivity contribution in [2.45, 2.75) is 43.2 Å². The Morgan fingerprint density at radius 3 is 2.11 bits per heavy atom. The monoisotopic (exact) mass is 619 g/mol. The van der Waals surface area contributed by atoms with Crippen LogP contribution in [0.4, 0.5) is 0 Å². The number of aliphatic hydroxyl groups excluding tert-OH is 1. The molecular formula is C34H29N5O5S. The number of tetrazole rings is 1. The zero-order chi connectivity index (χ0) is 30.8. The number of carbonyl (C=O) groups is 2. The van der Waals surface area contributed by atoms with Crippen LogP contribution in [0.15, 0.2) is 108 Å². The quantitative estimate of drug-likeness (QED) is 0.173. The molecule has 1 aromatic heterocycles. The largest absolute Gasteiger partial charge is 0.392 e. The summed E-state index contributed by atoms with van der Waals surface area (Å²) in [6.45, 7) is 0.147. The first-order valence-electron chi connectivity index (χ1n) is 14.6. The van der Waals surface area contributed by atoms with Gasteiger partial charge in [-0.25, -0.2) is 0 Å². The van der Waals surface area contributed by atoms with Gasteiger partial charge in [-0.15, -0.1) is 5.10 Å². The van der Waals surface area contributed by atoms with Crippen molar-refractivity contribution in [3.8, 4) is 5.69 Å². The summed E-state index contributed by atoms with van der Waals surface area (Å²) in [6, 6.07) is 32.0. The Morgan fingerprint density at radius 1 is 0.778 bits per heavy atom. The van der Waals surface area contributed by atoms with Gasteiger partial charge in [-0.1, -0.05) is 90.6 Å². The average Bonchev–Trinajstić information content (AvgIpc) is 3.67. The summed E-state index contributed by atoms with van der Waals surface area (Å²) in [6.07, 6.45) is -0.460. The third-order valence-electron chi connectivity index (χ3n) is 7.93. The van der Waals surface area contributed by atoms with E-state index >= 15 is 0 Å². The van der Waals surface area contributed by atoms with E-state index < -0.39 is 6.29 Å². The van der Waals surface area contributed by atoms with Crippen LogP contribution in [0.2, 0.25) is 0 Å². The Bertz CT molecular complexity index is 1780. The molecule has 3 atom stereocenters. The van der Waals surface area contributed by atoms with Crippen LogP contribution in [0.5, 0.6) is 0 Å². The van der Waals surface area contributed by atoms with E-state index in [4.69, 9.17) is 9.47 Å². The van der Waals surface area contributed by atoms with Crippen molar-refractivity contribution in [3.05, 3.63) is 137 Å². The molecule has 0 saturated carbocycles. The molecule has 2 aliphatic rings. The van der Waals surface area contributed by atoms with Crippen LogP contribution in [0.25, 0.3) is 5.69 Å². The smallest absolute Gasteiger partial charge is 0.261 e. The van der Waals surface area contributed by atoms with Gasteiger partial charge >= 0.3 is 0 Å². The highest BCUT2D eigenvalue weighted by Gasteiger charge is 2.36. The van der Waals surface area contributed by atoms with E-state index in [9.17, 15) is 14.7 Å². The molecular weight excluding hydrogens is 590 g/mol. The molecule has 2 aliphatic heterocycles. The minimum Gasteiger partial charge on any atom is -0.392 e. The molecule has 1 saturated heterocycles.